The van der Waals surface area contributed by atoms with E-state index in [-0.39, 0.29) is 18.6 Å². The third kappa shape index (κ3) is 12.6. The van der Waals surface area contributed by atoms with Crippen LogP contribution in [0.1, 0.15) is 11.1 Å². The SMILES string of the molecule is NC(Cc1ccc(OC(F)(F)F)cc1)C(=O)O.O=C(O)[C@H](Cc1ccccc1)NOC(F)(F)F. The number of nitrogens with two attached hydrogens (primary N) is 1. The van der Waals surface area contributed by atoms with E-state index < -0.39 is 36.7 Å². The van der Waals surface area contributed by atoms with E-state index in [1.807, 2.05) is 0 Å². The number of hydroxylamine groups is 1. The number of ether oxygens (including phenoxy) is 1. The Morgan fingerprint density at radius 1 is 0.824 bits per heavy atom. The van der Waals surface area contributed by atoms with Crippen molar-refractivity contribution in [1.82, 2.24) is 5.48 Å². The molecule has 0 aromatic heterocycles. The van der Waals surface area contributed by atoms with E-state index >= 15 is 0 Å². The van der Waals surface area contributed by atoms with Crippen LogP contribution in [0.4, 0.5) is 26.3 Å². The maximum Gasteiger partial charge on any atom is 0.573 e. The fraction of sp³-hybridized carbons (Fsp3) is 0.300. The highest BCUT2D eigenvalue weighted by atomic mass is 19.4. The lowest BCUT2D eigenvalue weighted by molar-refractivity contribution is -0.353. The summed E-state index contributed by atoms with van der Waals surface area (Å²) >= 11 is 0. The van der Waals surface area contributed by atoms with Crippen molar-refractivity contribution >= 4 is 11.9 Å². The fourth-order valence-electron chi connectivity index (χ4n) is 2.34. The van der Waals surface area contributed by atoms with Gasteiger partial charge in [0.25, 0.3) is 0 Å². The number of carboxylic acid groups (broad SMARTS) is 2. The maximum absolute atomic E-state index is 11.8. The van der Waals surface area contributed by atoms with Gasteiger partial charge in [0, 0.05) is 6.42 Å². The lowest BCUT2D eigenvalue weighted by Crippen LogP contribution is -2.41. The van der Waals surface area contributed by atoms with E-state index in [2.05, 4.69) is 9.57 Å². The quantitative estimate of drug-likeness (QED) is 0.306. The van der Waals surface area contributed by atoms with Crippen LogP contribution in [0.2, 0.25) is 0 Å². The van der Waals surface area contributed by atoms with Gasteiger partial charge < -0.3 is 20.7 Å². The molecule has 0 saturated carbocycles. The molecule has 2 aromatic rings. The normalized spacial score (nSPS) is 13.3. The number of aliphatic carboxylic acids is 2. The molecule has 14 heteroatoms. The molecule has 2 rings (SSSR count). The number of rotatable bonds is 9. The van der Waals surface area contributed by atoms with Crippen LogP contribution in [0.3, 0.4) is 0 Å². The predicted octanol–water partition coefficient (Wildman–Crippen LogP) is 3.26. The molecule has 8 nitrogen and oxygen atoms in total. The molecule has 0 aliphatic heterocycles. The van der Waals surface area contributed by atoms with Gasteiger partial charge in [0.15, 0.2) is 0 Å². The van der Waals surface area contributed by atoms with Crippen LogP contribution in [0.25, 0.3) is 0 Å². The Balaban J connectivity index is 0.000000340. The van der Waals surface area contributed by atoms with Crippen LogP contribution < -0.4 is 16.0 Å². The minimum atomic E-state index is -4.91. The second-order valence-corrected chi connectivity index (χ2v) is 6.59. The van der Waals surface area contributed by atoms with Crippen LogP contribution in [-0.4, -0.2) is 47.0 Å². The minimum Gasteiger partial charge on any atom is -0.480 e. The van der Waals surface area contributed by atoms with Gasteiger partial charge in [-0.25, -0.2) is 4.84 Å². The third-order valence-corrected chi connectivity index (χ3v) is 3.83. The van der Waals surface area contributed by atoms with Gasteiger partial charge in [-0.15, -0.1) is 26.3 Å². The average molecular weight is 498 g/mol. The molecule has 5 N–H and O–H groups in total. The summed E-state index contributed by atoms with van der Waals surface area (Å²) in [6, 6.07) is 10.6. The second kappa shape index (κ2) is 12.8. The zero-order chi connectivity index (χ0) is 25.9. The van der Waals surface area contributed by atoms with Crippen LogP contribution >= 0.6 is 0 Å². The van der Waals surface area contributed by atoms with Crippen molar-refractivity contribution < 1.29 is 55.7 Å². The third-order valence-electron chi connectivity index (χ3n) is 3.83. The highest BCUT2D eigenvalue weighted by Gasteiger charge is 2.33. The molecule has 0 radical (unpaired) electrons. The number of hydrogen-bond acceptors (Lipinski definition) is 6. The van der Waals surface area contributed by atoms with Gasteiger partial charge in [-0.05, 0) is 29.7 Å². The van der Waals surface area contributed by atoms with Crippen molar-refractivity contribution in [3.8, 4) is 5.75 Å². The summed E-state index contributed by atoms with van der Waals surface area (Å²) in [7, 11) is 0. The van der Waals surface area contributed by atoms with Crippen LogP contribution in [0, 0.1) is 0 Å². The smallest absolute Gasteiger partial charge is 0.480 e. The molecule has 2 aromatic carbocycles. The van der Waals surface area contributed by atoms with Crippen LogP contribution in [0.5, 0.6) is 5.75 Å². The van der Waals surface area contributed by atoms with Gasteiger partial charge in [-0.1, -0.05) is 42.5 Å². The molecule has 0 bridgehead atoms. The molecule has 1 unspecified atom stereocenters. The average Bonchev–Trinajstić information content (AvgIpc) is 2.71. The summed E-state index contributed by atoms with van der Waals surface area (Å²) in [6.45, 7) is 0. The Morgan fingerprint density at radius 3 is 1.79 bits per heavy atom. The molecule has 34 heavy (non-hydrogen) atoms. The summed E-state index contributed by atoms with van der Waals surface area (Å²) in [5.41, 5.74) is 7.88. The van der Waals surface area contributed by atoms with E-state index in [9.17, 15) is 35.9 Å². The molecule has 0 aliphatic rings. The first-order chi connectivity index (χ1) is 15.7. The molecule has 0 aliphatic carbocycles. The summed E-state index contributed by atoms with van der Waals surface area (Å²) in [5.74, 6) is -2.94. The second-order valence-electron chi connectivity index (χ2n) is 6.59. The zero-order valence-corrected chi connectivity index (χ0v) is 17.1. The van der Waals surface area contributed by atoms with Gasteiger partial charge in [-0.3, -0.25) is 9.59 Å². The number of alkyl halides is 6. The largest absolute Gasteiger partial charge is 0.573 e. The van der Waals surface area contributed by atoms with Crippen molar-refractivity contribution in [1.29, 1.82) is 0 Å². The Hall–Kier alpha value is -3.36. The van der Waals surface area contributed by atoms with E-state index in [0.717, 1.165) is 12.1 Å². The lowest BCUT2D eigenvalue weighted by atomic mass is 10.1. The Morgan fingerprint density at radius 2 is 1.35 bits per heavy atom. The number of hydrogen-bond donors (Lipinski definition) is 4. The first kappa shape index (κ1) is 28.7. The predicted molar refractivity (Wildman–Crippen MR) is 104 cm³/mol. The summed E-state index contributed by atoms with van der Waals surface area (Å²) in [5, 5.41) is 17.3. The standard InChI is InChI=1S/2C10H10F3NO3/c11-10(12,13)17-7-3-1-6(2-4-7)5-8(14)9(15)16;11-10(12,13)17-14-8(9(15)16)6-7-4-2-1-3-5-7/h1-4,8H,5,14H2,(H,15,16);1-5,8,14H,6H2,(H,15,16)/t;8-/m.0/s1. The molecule has 188 valence electrons. The van der Waals surface area contributed by atoms with E-state index in [1.165, 1.54) is 17.6 Å². The lowest BCUT2D eigenvalue weighted by Gasteiger charge is -2.15. The van der Waals surface area contributed by atoms with Gasteiger partial charge in [0.2, 0.25) is 0 Å². The van der Waals surface area contributed by atoms with E-state index in [4.69, 9.17) is 15.9 Å². The van der Waals surface area contributed by atoms with Crippen molar-refractivity contribution in [2.45, 2.75) is 37.7 Å². The number of carboxylic acids is 2. The zero-order valence-electron chi connectivity index (χ0n) is 17.1. The van der Waals surface area contributed by atoms with Gasteiger partial charge in [-0.2, -0.15) is 5.48 Å². The minimum absolute atomic E-state index is 0.0433. The summed E-state index contributed by atoms with van der Waals surface area (Å²) < 4.78 is 74.4. The Kier molecular flexibility index (Phi) is 10.8. The fourth-order valence-corrected chi connectivity index (χ4v) is 2.34. The van der Waals surface area contributed by atoms with Crippen molar-refractivity contribution in [2.75, 3.05) is 0 Å². The summed E-state index contributed by atoms with van der Waals surface area (Å²) in [6.07, 6.45) is -9.71. The molecule has 0 saturated heterocycles. The van der Waals surface area contributed by atoms with Crippen molar-refractivity contribution in [3.05, 3.63) is 65.7 Å². The van der Waals surface area contributed by atoms with E-state index in [0.29, 0.717) is 11.1 Å². The Bertz CT molecular complexity index is 907. The van der Waals surface area contributed by atoms with Crippen molar-refractivity contribution in [2.24, 2.45) is 5.73 Å². The molecule has 0 fully saturated rings. The number of benzene rings is 2. The molecular weight excluding hydrogens is 478 g/mol. The van der Waals surface area contributed by atoms with E-state index in [1.54, 1.807) is 30.3 Å². The van der Waals surface area contributed by atoms with Crippen LogP contribution in [-0.2, 0) is 27.3 Å². The first-order valence-corrected chi connectivity index (χ1v) is 9.26. The van der Waals surface area contributed by atoms with Gasteiger partial charge in [0.05, 0.1) is 0 Å². The molecule has 0 spiro atoms. The summed E-state index contributed by atoms with van der Waals surface area (Å²) in [4.78, 5) is 24.5. The monoisotopic (exact) mass is 498 g/mol. The number of carbonyl (C=O) groups is 2. The van der Waals surface area contributed by atoms with Gasteiger partial charge in [0.1, 0.15) is 17.8 Å². The topological polar surface area (TPSA) is 131 Å². The first-order valence-electron chi connectivity index (χ1n) is 9.26. The number of halogens is 6. The molecular formula is C20H20F6N2O6. The molecule has 0 heterocycles. The van der Waals surface area contributed by atoms with Crippen molar-refractivity contribution in [3.63, 3.8) is 0 Å². The molecule has 2 atom stereocenters. The highest BCUT2D eigenvalue weighted by Crippen LogP contribution is 2.23. The number of nitrogens with one attached hydrogen (secondary N) is 1. The molecule has 0 amide bonds. The van der Waals surface area contributed by atoms with Gasteiger partial charge >= 0.3 is 24.7 Å². The Labute approximate surface area is 188 Å². The van der Waals surface area contributed by atoms with Crippen LogP contribution in [0.15, 0.2) is 54.6 Å². The maximum atomic E-state index is 11.8. The highest BCUT2D eigenvalue weighted by molar-refractivity contribution is 5.74.